The SMILES string of the molecule is CCNC(=NCc1ccc(C(=O)N2CC(C)OC(C)C2)cc1)NCCCN1CCOCC1. The van der Waals surface area contributed by atoms with Crippen molar-refractivity contribution < 1.29 is 14.3 Å². The highest BCUT2D eigenvalue weighted by Crippen LogP contribution is 2.15. The zero-order valence-corrected chi connectivity index (χ0v) is 19.8. The third-order valence-corrected chi connectivity index (χ3v) is 5.72. The summed E-state index contributed by atoms with van der Waals surface area (Å²) in [5, 5.41) is 6.72. The van der Waals surface area contributed by atoms with Crippen LogP contribution >= 0.6 is 0 Å². The molecule has 2 heterocycles. The number of nitrogens with one attached hydrogen (secondary N) is 2. The first kappa shape index (κ1) is 24.5. The summed E-state index contributed by atoms with van der Waals surface area (Å²) in [6, 6.07) is 7.79. The summed E-state index contributed by atoms with van der Waals surface area (Å²) in [5.74, 6) is 0.892. The smallest absolute Gasteiger partial charge is 0.254 e. The van der Waals surface area contributed by atoms with Crippen molar-refractivity contribution in [1.29, 1.82) is 0 Å². The van der Waals surface area contributed by atoms with E-state index in [4.69, 9.17) is 14.5 Å². The summed E-state index contributed by atoms with van der Waals surface area (Å²) in [4.78, 5) is 21.9. The Kier molecular flexibility index (Phi) is 9.77. The molecule has 8 heteroatoms. The average Bonchev–Trinajstić information content (AvgIpc) is 2.80. The fraction of sp³-hybridized carbons (Fsp3) is 0.667. The number of morpholine rings is 2. The molecular weight excluding hydrogens is 406 g/mol. The van der Waals surface area contributed by atoms with Crippen molar-refractivity contribution in [2.45, 2.75) is 45.9 Å². The van der Waals surface area contributed by atoms with Crippen LogP contribution in [0.3, 0.4) is 0 Å². The largest absolute Gasteiger partial charge is 0.379 e. The van der Waals surface area contributed by atoms with Crippen molar-refractivity contribution in [2.75, 3.05) is 59.0 Å². The van der Waals surface area contributed by atoms with E-state index in [0.29, 0.717) is 25.2 Å². The fourth-order valence-electron chi connectivity index (χ4n) is 4.13. The number of rotatable bonds is 8. The highest BCUT2D eigenvalue weighted by Gasteiger charge is 2.26. The van der Waals surface area contributed by atoms with E-state index >= 15 is 0 Å². The molecule has 3 rings (SSSR count). The third-order valence-electron chi connectivity index (χ3n) is 5.72. The molecule has 2 atom stereocenters. The molecule has 0 bridgehead atoms. The van der Waals surface area contributed by atoms with Gasteiger partial charge in [-0.3, -0.25) is 9.69 Å². The molecule has 0 radical (unpaired) electrons. The minimum absolute atomic E-state index is 0.0670. The van der Waals surface area contributed by atoms with E-state index in [2.05, 4.69) is 22.5 Å². The van der Waals surface area contributed by atoms with Crippen molar-refractivity contribution in [3.8, 4) is 0 Å². The molecular formula is C24H39N5O3. The monoisotopic (exact) mass is 445 g/mol. The minimum atomic E-state index is 0.0670. The molecule has 2 aliphatic rings. The lowest BCUT2D eigenvalue weighted by Gasteiger charge is -2.35. The average molecular weight is 446 g/mol. The second kappa shape index (κ2) is 12.8. The molecule has 178 valence electrons. The molecule has 1 aromatic rings. The van der Waals surface area contributed by atoms with E-state index in [1.807, 2.05) is 43.0 Å². The van der Waals surface area contributed by atoms with Gasteiger partial charge in [0.15, 0.2) is 5.96 Å². The van der Waals surface area contributed by atoms with Gasteiger partial charge in [0, 0.05) is 44.8 Å². The summed E-state index contributed by atoms with van der Waals surface area (Å²) in [6.07, 6.45) is 1.21. The number of carbonyl (C=O) groups excluding carboxylic acids is 1. The van der Waals surface area contributed by atoms with E-state index in [1.54, 1.807) is 0 Å². The van der Waals surface area contributed by atoms with Gasteiger partial charge in [-0.1, -0.05) is 12.1 Å². The summed E-state index contributed by atoms with van der Waals surface area (Å²) in [6.45, 7) is 14.4. The van der Waals surface area contributed by atoms with Crippen LogP contribution in [0.25, 0.3) is 0 Å². The second-order valence-corrected chi connectivity index (χ2v) is 8.59. The molecule has 2 unspecified atom stereocenters. The van der Waals surface area contributed by atoms with Crippen LogP contribution in [-0.2, 0) is 16.0 Å². The Bertz CT molecular complexity index is 724. The third kappa shape index (κ3) is 7.76. The number of nitrogens with zero attached hydrogens (tertiary/aromatic N) is 3. The van der Waals surface area contributed by atoms with Crippen LogP contribution in [0, 0.1) is 0 Å². The standard InChI is InChI=1S/C24H39N5O3/c1-4-25-24(26-10-5-11-28-12-14-31-15-13-28)27-16-21-6-8-22(9-7-21)23(30)29-17-19(2)32-20(3)18-29/h6-9,19-20H,4-5,10-18H2,1-3H3,(H2,25,26,27). The predicted octanol–water partition coefficient (Wildman–Crippen LogP) is 1.71. The van der Waals surface area contributed by atoms with Crippen LogP contribution in [0.2, 0.25) is 0 Å². The van der Waals surface area contributed by atoms with Crippen LogP contribution in [0.5, 0.6) is 0 Å². The maximum absolute atomic E-state index is 12.8. The van der Waals surface area contributed by atoms with Crippen LogP contribution < -0.4 is 10.6 Å². The quantitative estimate of drug-likeness (QED) is 0.360. The lowest BCUT2D eigenvalue weighted by molar-refractivity contribution is -0.0586. The number of benzene rings is 1. The zero-order chi connectivity index (χ0) is 22.8. The van der Waals surface area contributed by atoms with Crippen molar-refractivity contribution in [3.63, 3.8) is 0 Å². The van der Waals surface area contributed by atoms with Gasteiger partial charge in [-0.05, 0) is 51.4 Å². The Hall–Kier alpha value is -2.16. The minimum Gasteiger partial charge on any atom is -0.379 e. The van der Waals surface area contributed by atoms with Gasteiger partial charge < -0.3 is 25.0 Å². The Morgan fingerprint density at radius 2 is 1.78 bits per heavy atom. The predicted molar refractivity (Wildman–Crippen MR) is 127 cm³/mol. The summed E-state index contributed by atoms with van der Waals surface area (Å²) < 4.78 is 11.1. The molecule has 8 nitrogen and oxygen atoms in total. The van der Waals surface area contributed by atoms with Crippen molar-refractivity contribution >= 4 is 11.9 Å². The number of aliphatic imine (C=N–C) groups is 1. The lowest BCUT2D eigenvalue weighted by atomic mass is 10.1. The fourth-order valence-corrected chi connectivity index (χ4v) is 4.13. The number of hydrogen-bond acceptors (Lipinski definition) is 5. The summed E-state index contributed by atoms with van der Waals surface area (Å²) in [7, 11) is 0. The Morgan fingerprint density at radius 1 is 1.09 bits per heavy atom. The van der Waals surface area contributed by atoms with Gasteiger partial charge in [-0.2, -0.15) is 0 Å². The Labute approximate surface area is 192 Å². The van der Waals surface area contributed by atoms with Crippen molar-refractivity contribution in [3.05, 3.63) is 35.4 Å². The first-order valence-corrected chi connectivity index (χ1v) is 11.9. The number of ether oxygens (including phenoxy) is 2. The molecule has 32 heavy (non-hydrogen) atoms. The molecule has 0 aliphatic carbocycles. The molecule has 2 aliphatic heterocycles. The van der Waals surface area contributed by atoms with E-state index in [1.165, 1.54) is 0 Å². The molecule has 2 fully saturated rings. The molecule has 0 aromatic heterocycles. The topological polar surface area (TPSA) is 78.4 Å². The van der Waals surface area contributed by atoms with Gasteiger partial charge in [0.2, 0.25) is 0 Å². The van der Waals surface area contributed by atoms with E-state index in [-0.39, 0.29) is 18.1 Å². The molecule has 1 amide bonds. The van der Waals surface area contributed by atoms with E-state index in [9.17, 15) is 4.79 Å². The number of guanidine groups is 1. The van der Waals surface area contributed by atoms with Gasteiger partial charge in [-0.25, -0.2) is 4.99 Å². The van der Waals surface area contributed by atoms with Gasteiger partial charge in [-0.15, -0.1) is 0 Å². The highest BCUT2D eigenvalue weighted by molar-refractivity contribution is 5.94. The van der Waals surface area contributed by atoms with Gasteiger partial charge in [0.05, 0.1) is 32.0 Å². The molecule has 2 saturated heterocycles. The maximum Gasteiger partial charge on any atom is 0.254 e. The molecule has 0 spiro atoms. The number of hydrogen-bond donors (Lipinski definition) is 2. The normalized spacial score (nSPS) is 22.6. The zero-order valence-electron chi connectivity index (χ0n) is 19.8. The number of carbonyl (C=O) groups is 1. The maximum atomic E-state index is 12.8. The highest BCUT2D eigenvalue weighted by atomic mass is 16.5. The first-order chi connectivity index (χ1) is 15.5. The Morgan fingerprint density at radius 3 is 2.44 bits per heavy atom. The first-order valence-electron chi connectivity index (χ1n) is 11.9. The van der Waals surface area contributed by atoms with Crippen LogP contribution in [-0.4, -0.2) is 92.9 Å². The summed E-state index contributed by atoms with van der Waals surface area (Å²) in [5.41, 5.74) is 1.79. The van der Waals surface area contributed by atoms with Crippen LogP contribution in [0.1, 0.15) is 43.1 Å². The van der Waals surface area contributed by atoms with E-state index < -0.39 is 0 Å². The summed E-state index contributed by atoms with van der Waals surface area (Å²) >= 11 is 0. The molecule has 2 N–H and O–H groups in total. The Balaban J connectivity index is 1.47. The van der Waals surface area contributed by atoms with Gasteiger partial charge in [0.25, 0.3) is 5.91 Å². The van der Waals surface area contributed by atoms with Gasteiger partial charge in [0.1, 0.15) is 0 Å². The second-order valence-electron chi connectivity index (χ2n) is 8.59. The van der Waals surface area contributed by atoms with Crippen molar-refractivity contribution in [1.82, 2.24) is 20.4 Å². The van der Waals surface area contributed by atoms with Crippen LogP contribution in [0.15, 0.2) is 29.3 Å². The molecule has 0 saturated carbocycles. The lowest BCUT2D eigenvalue weighted by Crippen LogP contribution is -2.48. The number of amides is 1. The van der Waals surface area contributed by atoms with Crippen molar-refractivity contribution in [2.24, 2.45) is 4.99 Å². The van der Waals surface area contributed by atoms with Gasteiger partial charge >= 0.3 is 0 Å². The van der Waals surface area contributed by atoms with Crippen LogP contribution in [0.4, 0.5) is 0 Å². The van der Waals surface area contributed by atoms with E-state index in [0.717, 1.165) is 63.9 Å². The molecule has 1 aromatic carbocycles.